The Hall–Kier alpha value is -2.10. The average molecular weight is 257 g/mol. The highest BCUT2D eigenvalue weighted by Crippen LogP contribution is 2.17. The number of benzene rings is 1. The number of nitrogens with one attached hydrogen (secondary N) is 1. The Bertz CT molecular complexity index is 515. The van der Waals surface area contributed by atoms with Crippen molar-refractivity contribution >= 4 is 11.6 Å². The second-order valence-electron chi connectivity index (χ2n) is 4.84. The van der Waals surface area contributed by atoms with E-state index < -0.39 is 0 Å². The zero-order chi connectivity index (χ0) is 13.7. The Balaban J connectivity index is 1.84. The molecule has 1 amide bonds. The van der Waals surface area contributed by atoms with Gasteiger partial charge in [0.15, 0.2) is 0 Å². The smallest absolute Gasteiger partial charge is 0.226 e. The van der Waals surface area contributed by atoms with E-state index in [4.69, 9.17) is 0 Å². The lowest BCUT2D eigenvalue weighted by molar-refractivity contribution is -0.116. The quantitative estimate of drug-likeness (QED) is 0.895. The third-order valence-corrected chi connectivity index (χ3v) is 2.99. The highest BCUT2D eigenvalue weighted by atomic mass is 16.1. The van der Waals surface area contributed by atoms with Gasteiger partial charge in [-0.25, -0.2) is 0 Å². The molecule has 100 valence electrons. The van der Waals surface area contributed by atoms with Crippen molar-refractivity contribution in [3.8, 4) is 0 Å². The predicted octanol–water partition coefficient (Wildman–Crippen LogP) is 3.04. The minimum atomic E-state index is 0.00722. The fourth-order valence-corrected chi connectivity index (χ4v) is 1.82. The van der Waals surface area contributed by atoms with E-state index in [1.165, 1.54) is 5.56 Å². The van der Waals surface area contributed by atoms with Crippen LogP contribution in [0.1, 0.15) is 31.7 Å². The van der Waals surface area contributed by atoms with Crippen molar-refractivity contribution in [2.45, 2.75) is 32.7 Å². The Morgan fingerprint density at radius 2 is 2.05 bits per heavy atom. The maximum absolute atomic E-state index is 11.8. The first-order valence-electron chi connectivity index (χ1n) is 6.52. The predicted molar refractivity (Wildman–Crippen MR) is 76.0 cm³/mol. The fraction of sp³-hybridized carbons (Fsp3) is 0.333. The minimum Gasteiger partial charge on any atom is -0.326 e. The number of hydrogen-bond donors (Lipinski definition) is 1. The highest BCUT2D eigenvalue weighted by molar-refractivity contribution is 5.90. The van der Waals surface area contributed by atoms with Crippen LogP contribution in [0.5, 0.6) is 0 Å². The van der Waals surface area contributed by atoms with Crippen LogP contribution in [0, 0.1) is 0 Å². The lowest BCUT2D eigenvalue weighted by atomic mass is 10.0. The summed E-state index contributed by atoms with van der Waals surface area (Å²) in [5, 5.41) is 6.95. The number of carbonyl (C=O) groups is 1. The van der Waals surface area contributed by atoms with Crippen LogP contribution in [0.2, 0.25) is 0 Å². The lowest BCUT2D eigenvalue weighted by Gasteiger charge is -2.08. The Morgan fingerprint density at radius 1 is 1.32 bits per heavy atom. The van der Waals surface area contributed by atoms with Crippen LogP contribution in [0.3, 0.4) is 0 Å². The van der Waals surface area contributed by atoms with Crippen molar-refractivity contribution in [2.75, 3.05) is 5.32 Å². The van der Waals surface area contributed by atoms with Crippen LogP contribution in [-0.2, 0) is 11.3 Å². The molecule has 1 N–H and O–H groups in total. The molecular weight excluding hydrogens is 238 g/mol. The van der Waals surface area contributed by atoms with Crippen LogP contribution in [-0.4, -0.2) is 15.7 Å². The van der Waals surface area contributed by atoms with Gasteiger partial charge < -0.3 is 5.32 Å². The molecule has 0 aliphatic carbocycles. The molecule has 0 fully saturated rings. The average Bonchev–Trinajstić information content (AvgIpc) is 2.90. The Labute approximate surface area is 113 Å². The first kappa shape index (κ1) is 13.3. The van der Waals surface area contributed by atoms with Crippen LogP contribution < -0.4 is 5.32 Å². The summed E-state index contributed by atoms with van der Waals surface area (Å²) in [5.74, 6) is 0.511. The number of rotatable bonds is 5. The topological polar surface area (TPSA) is 46.9 Å². The van der Waals surface area contributed by atoms with Gasteiger partial charge in [-0.05, 0) is 29.7 Å². The molecule has 19 heavy (non-hydrogen) atoms. The maximum atomic E-state index is 11.8. The standard InChI is InChI=1S/C15H19N3O/c1-12(2)13-4-6-14(7-5-13)17-15(19)8-11-18-10-3-9-16-18/h3-7,9-10,12H,8,11H2,1-2H3,(H,17,19). The van der Waals surface area contributed by atoms with Crippen LogP contribution >= 0.6 is 0 Å². The number of hydrogen-bond acceptors (Lipinski definition) is 2. The van der Waals surface area contributed by atoms with Gasteiger partial charge in [-0.3, -0.25) is 9.48 Å². The summed E-state index contributed by atoms with van der Waals surface area (Å²) in [6, 6.07) is 9.84. The summed E-state index contributed by atoms with van der Waals surface area (Å²) < 4.78 is 1.75. The second-order valence-corrected chi connectivity index (χ2v) is 4.84. The lowest BCUT2D eigenvalue weighted by Crippen LogP contribution is -2.14. The zero-order valence-electron chi connectivity index (χ0n) is 11.3. The number of anilines is 1. The zero-order valence-corrected chi connectivity index (χ0v) is 11.3. The van der Waals surface area contributed by atoms with Gasteiger partial charge in [-0.1, -0.05) is 26.0 Å². The van der Waals surface area contributed by atoms with Crippen molar-refractivity contribution in [3.63, 3.8) is 0 Å². The molecule has 0 aliphatic rings. The molecule has 1 heterocycles. The normalized spacial score (nSPS) is 10.7. The molecule has 1 aromatic carbocycles. The molecule has 0 saturated heterocycles. The molecule has 0 atom stereocenters. The van der Waals surface area contributed by atoms with Crippen LogP contribution in [0.4, 0.5) is 5.69 Å². The number of aromatic nitrogens is 2. The number of carbonyl (C=O) groups excluding carboxylic acids is 1. The molecule has 2 rings (SSSR count). The molecule has 0 bridgehead atoms. The summed E-state index contributed by atoms with van der Waals surface area (Å²) in [6.45, 7) is 4.90. The Morgan fingerprint density at radius 3 is 2.63 bits per heavy atom. The summed E-state index contributed by atoms with van der Waals surface area (Å²) in [5.41, 5.74) is 2.12. The van der Waals surface area contributed by atoms with Crippen molar-refractivity contribution in [1.29, 1.82) is 0 Å². The molecule has 1 aromatic heterocycles. The molecular formula is C15H19N3O. The largest absolute Gasteiger partial charge is 0.326 e. The van der Waals surface area contributed by atoms with Gasteiger partial charge >= 0.3 is 0 Å². The van der Waals surface area contributed by atoms with Crippen molar-refractivity contribution in [1.82, 2.24) is 9.78 Å². The summed E-state index contributed by atoms with van der Waals surface area (Å²) >= 11 is 0. The maximum Gasteiger partial charge on any atom is 0.226 e. The van der Waals surface area contributed by atoms with Crippen molar-refractivity contribution in [2.24, 2.45) is 0 Å². The van der Waals surface area contributed by atoms with Crippen molar-refractivity contribution < 1.29 is 4.79 Å². The van der Waals surface area contributed by atoms with E-state index in [0.29, 0.717) is 18.9 Å². The van der Waals surface area contributed by atoms with Crippen LogP contribution in [0.25, 0.3) is 0 Å². The Kier molecular flexibility index (Phi) is 4.34. The molecule has 2 aromatic rings. The first-order chi connectivity index (χ1) is 9.15. The van der Waals surface area contributed by atoms with Gasteiger partial charge in [0, 0.05) is 31.0 Å². The number of nitrogens with zero attached hydrogens (tertiary/aromatic N) is 2. The molecule has 0 unspecified atom stereocenters. The number of aryl methyl sites for hydroxylation is 1. The van der Waals surface area contributed by atoms with E-state index >= 15 is 0 Å². The van der Waals surface area contributed by atoms with E-state index in [2.05, 4.69) is 24.3 Å². The van der Waals surface area contributed by atoms with Gasteiger partial charge in [0.2, 0.25) is 5.91 Å². The molecule has 0 aliphatic heterocycles. The van der Waals surface area contributed by atoms with Gasteiger partial charge in [-0.2, -0.15) is 5.10 Å². The van der Waals surface area contributed by atoms with Crippen LogP contribution in [0.15, 0.2) is 42.7 Å². The molecule has 4 heteroatoms. The second kappa shape index (κ2) is 6.18. The third-order valence-electron chi connectivity index (χ3n) is 2.99. The number of amides is 1. The molecule has 4 nitrogen and oxygen atoms in total. The summed E-state index contributed by atoms with van der Waals surface area (Å²) in [4.78, 5) is 11.8. The minimum absolute atomic E-state index is 0.00722. The monoisotopic (exact) mass is 257 g/mol. The molecule has 0 spiro atoms. The first-order valence-corrected chi connectivity index (χ1v) is 6.52. The van der Waals surface area contributed by atoms with E-state index in [1.807, 2.05) is 36.5 Å². The fourth-order valence-electron chi connectivity index (χ4n) is 1.82. The van der Waals surface area contributed by atoms with Gasteiger partial charge in [-0.15, -0.1) is 0 Å². The summed E-state index contributed by atoms with van der Waals surface area (Å²) in [7, 11) is 0. The van der Waals surface area contributed by atoms with E-state index in [1.54, 1.807) is 10.9 Å². The SMILES string of the molecule is CC(C)c1ccc(NC(=O)CCn2cccn2)cc1. The van der Waals surface area contributed by atoms with E-state index in [9.17, 15) is 4.79 Å². The van der Waals surface area contributed by atoms with Gasteiger partial charge in [0.05, 0.1) is 0 Å². The van der Waals surface area contributed by atoms with Gasteiger partial charge in [0.25, 0.3) is 0 Å². The molecule has 0 saturated carbocycles. The van der Waals surface area contributed by atoms with Gasteiger partial charge in [0.1, 0.15) is 0 Å². The third kappa shape index (κ3) is 3.95. The van der Waals surface area contributed by atoms with E-state index in [-0.39, 0.29) is 5.91 Å². The van der Waals surface area contributed by atoms with Crippen molar-refractivity contribution in [3.05, 3.63) is 48.3 Å². The summed E-state index contributed by atoms with van der Waals surface area (Å²) in [6.07, 6.45) is 3.99. The highest BCUT2D eigenvalue weighted by Gasteiger charge is 2.04. The molecule has 0 radical (unpaired) electrons. The van der Waals surface area contributed by atoms with E-state index in [0.717, 1.165) is 5.69 Å².